The third kappa shape index (κ3) is 7.12. The van der Waals surface area contributed by atoms with Crippen molar-refractivity contribution in [1.29, 1.82) is 0 Å². The Labute approximate surface area is 194 Å². The highest BCUT2D eigenvalue weighted by Crippen LogP contribution is 2.26. The highest BCUT2D eigenvalue weighted by atomic mass is 127. The lowest BCUT2D eigenvalue weighted by atomic mass is 10.2. The monoisotopic (exact) mass is 546 g/mol. The minimum atomic E-state index is -4.75. The normalized spacial score (nSPS) is 11.6. The van der Waals surface area contributed by atoms with E-state index in [1.165, 1.54) is 12.1 Å². The summed E-state index contributed by atoms with van der Waals surface area (Å²) in [7, 11) is 1.58. The fourth-order valence-electron chi connectivity index (χ4n) is 2.74. The number of hydrogen-bond donors (Lipinski definition) is 2. The van der Waals surface area contributed by atoms with Crippen LogP contribution in [0.15, 0.2) is 60.0 Å². The molecule has 3 aromatic rings. The number of para-hydroxylation sites is 1. The topological polar surface area (TPSA) is 76.4 Å². The lowest BCUT2D eigenvalue weighted by molar-refractivity contribution is -0.274. The number of rotatable bonds is 6. The summed E-state index contributed by atoms with van der Waals surface area (Å²) in [6, 6.07) is 9.77. The van der Waals surface area contributed by atoms with Gasteiger partial charge in [0.2, 0.25) is 0 Å². The second kappa shape index (κ2) is 11.0. The van der Waals surface area contributed by atoms with Gasteiger partial charge in [-0.05, 0) is 24.6 Å². The van der Waals surface area contributed by atoms with Crippen LogP contribution in [0.1, 0.15) is 17.0 Å². The summed E-state index contributed by atoms with van der Waals surface area (Å²) in [5.74, 6) is 1.79. The fraction of sp³-hybridized carbons (Fsp3) is 0.250. The molecule has 1 aromatic carbocycles. The van der Waals surface area contributed by atoms with Crippen molar-refractivity contribution in [2.45, 2.75) is 26.4 Å². The van der Waals surface area contributed by atoms with Crippen LogP contribution in [-0.2, 0) is 13.1 Å². The predicted molar refractivity (Wildman–Crippen MR) is 122 cm³/mol. The van der Waals surface area contributed by atoms with Crippen LogP contribution < -0.4 is 15.4 Å². The molecule has 0 aliphatic carbocycles. The molecule has 11 heteroatoms. The highest BCUT2D eigenvalue weighted by Gasteiger charge is 2.31. The second-order valence-corrected chi connectivity index (χ2v) is 6.30. The van der Waals surface area contributed by atoms with E-state index in [1.807, 2.05) is 29.8 Å². The maximum absolute atomic E-state index is 12.5. The molecule has 166 valence electrons. The molecule has 0 unspecified atom stereocenters. The average molecular weight is 546 g/mol. The number of alkyl halides is 3. The number of guanidine groups is 1. The first kappa shape index (κ1) is 24.4. The van der Waals surface area contributed by atoms with Crippen LogP contribution in [0.25, 0.3) is 5.82 Å². The summed E-state index contributed by atoms with van der Waals surface area (Å²) < 4.78 is 43.6. The van der Waals surface area contributed by atoms with Crippen molar-refractivity contribution in [2.24, 2.45) is 4.99 Å². The molecule has 7 nitrogen and oxygen atoms in total. The third-order valence-electron chi connectivity index (χ3n) is 4.21. The molecule has 2 aromatic heterocycles. The maximum Gasteiger partial charge on any atom is 0.573 e. The SMILES string of the molecule is CN=C(NCc1ccc(-n2ccnc2C)nc1)NCc1ccccc1OC(F)(F)F.I. The second-order valence-electron chi connectivity index (χ2n) is 6.30. The molecule has 31 heavy (non-hydrogen) atoms. The number of benzene rings is 1. The Morgan fingerprint density at radius 3 is 2.45 bits per heavy atom. The van der Waals surface area contributed by atoms with Crippen LogP contribution in [0.2, 0.25) is 0 Å². The van der Waals surface area contributed by atoms with Gasteiger partial charge in [-0.15, -0.1) is 37.1 Å². The summed E-state index contributed by atoms with van der Waals surface area (Å²) in [6.07, 6.45) is 0.535. The van der Waals surface area contributed by atoms with Crippen molar-refractivity contribution >= 4 is 29.9 Å². The van der Waals surface area contributed by atoms with E-state index >= 15 is 0 Å². The molecule has 0 saturated heterocycles. The number of nitrogens with zero attached hydrogens (tertiary/aromatic N) is 4. The lowest BCUT2D eigenvalue weighted by Crippen LogP contribution is -2.36. The summed E-state index contributed by atoms with van der Waals surface area (Å²) in [5.41, 5.74) is 1.28. The van der Waals surface area contributed by atoms with Crippen LogP contribution in [0.3, 0.4) is 0 Å². The Hall–Kier alpha value is -2.83. The minimum Gasteiger partial charge on any atom is -0.405 e. The summed E-state index contributed by atoms with van der Waals surface area (Å²) in [5, 5.41) is 6.09. The van der Waals surface area contributed by atoms with Gasteiger partial charge in [-0.1, -0.05) is 24.3 Å². The number of nitrogens with one attached hydrogen (secondary N) is 2. The van der Waals surface area contributed by atoms with Crippen LogP contribution >= 0.6 is 24.0 Å². The molecule has 0 spiro atoms. The van der Waals surface area contributed by atoms with Crippen molar-refractivity contribution in [2.75, 3.05) is 7.05 Å². The Balaban J connectivity index is 0.00000341. The highest BCUT2D eigenvalue weighted by molar-refractivity contribution is 14.0. The zero-order valence-corrected chi connectivity index (χ0v) is 19.2. The zero-order chi connectivity index (χ0) is 21.6. The molecule has 0 aliphatic heterocycles. The molecule has 2 N–H and O–H groups in total. The molecule has 0 atom stereocenters. The van der Waals surface area contributed by atoms with Crippen LogP contribution in [0.4, 0.5) is 13.2 Å². The van der Waals surface area contributed by atoms with Crippen LogP contribution in [-0.4, -0.2) is 33.9 Å². The van der Waals surface area contributed by atoms with Gasteiger partial charge in [0.1, 0.15) is 17.4 Å². The Kier molecular flexibility index (Phi) is 8.65. The van der Waals surface area contributed by atoms with E-state index < -0.39 is 6.36 Å². The molecule has 0 bridgehead atoms. The largest absolute Gasteiger partial charge is 0.573 e. The number of aryl methyl sites for hydroxylation is 1. The van der Waals surface area contributed by atoms with Gasteiger partial charge in [-0.25, -0.2) is 9.97 Å². The van der Waals surface area contributed by atoms with Crippen molar-refractivity contribution in [1.82, 2.24) is 25.2 Å². The van der Waals surface area contributed by atoms with Gasteiger partial charge in [0.15, 0.2) is 5.96 Å². The maximum atomic E-state index is 12.5. The number of hydrogen-bond acceptors (Lipinski definition) is 4. The molecule has 2 heterocycles. The molecule has 3 rings (SSSR count). The van der Waals surface area contributed by atoms with E-state index in [-0.39, 0.29) is 36.3 Å². The lowest BCUT2D eigenvalue weighted by Gasteiger charge is -2.15. The summed E-state index contributed by atoms with van der Waals surface area (Å²) >= 11 is 0. The molecule has 0 radical (unpaired) electrons. The summed E-state index contributed by atoms with van der Waals surface area (Å²) in [6.45, 7) is 2.45. The van der Waals surface area contributed by atoms with Crippen LogP contribution in [0.5, 0.6) is 5.75 Å². The number of aliphatic imine (C=N–C) groups is 1. The van der Waals surface area contributed by atoms with Crippen molar-refractivity contribution in [3.05, 3.63) is 71.9 Å². The predicted octanol–water partition coefficient (Wildman–Crippen LogP) is 3.96. The number of aromatic nitrogens is 3. The fourth-order valence-corrected chi connectivity index (χ4v) is 2.74. The first-order valence-electron chi connectivity index (χ1n) is 9.09. The van der Waals surface area contributed by atoms with E-state index in [4.69, 9.17) is 0 Å². The van der Waals surface area contributed by atoms with Gasteiger partial charge < -0.3 is 15.4 Å². The first-order chi connectivity index (χ1) is 14.4. The van der Waals surface area contributed by atoms with Gasteiger partial charge in [0.25, 0.3) is 0 Å². The minimum absolute atomic E-state index is 0. The quantitative estimate of drug-likeness (QED) is 0.278. The number of ether oxygens (including phenoxy) is 1. The Bertz CT molecular complexity index is 1000. The first-order valence-corrected chi connectivity index (χ1v) is 9.09. The van der Waals surface area contributed by atoms with Gasteiger partial charge >= 0.3 is 6.36 Å². The Morgan fingerprint density at radius 2 is 1.84 bits per heavy atom. The summed E-state index contributed by atoms with van der Waals surface area (Å²) in [4.78, 5) is 12.7. The van der Waals surface area contributed by atoms with E-state index in [2.05, 4.69) is 30.3 Å². The molecule has 0 amide bonds. The van der Waals surface area contributed by atoms with Gasteiger partial charge in [0.05, 0.1) is 0 Å². The number of imidazole rings is 1. The van der Waals surface area contributed by atoms with Crippen molar-refractivity contribution in [3.8, 4) is 11.6 Å². The molecule has 0 fully saturated rings. The zero-order valence-electron chi connectivity index (χ0n) is 16.8. The van der Waals surface area contributed by atoms with Gasteiger partial charge in [-0.2, -0.15) is 0 Å². The smallest absolute Gasteiger partial charge is 0.405 e. The molecule has 0 saturated carbocycles. The van der Waals surface area contributed by atoms with Gasteiger partial charge in [-0.3, -0.25) is 9.56 Å². The standard InChI is InChI=1S/C20H21F3N6O.HI/c1-14-25-9-10-29(14)18-8-7-15(11-26-18)12-27-19(24-2)28-13-16-5-3-4-6-17(16)30-20(21,22)23;/h3-11H,12-13H2,1-2H3,(H2,24,27,28);1H. The average Bonchev–Trinajstić information content (AvgIpc) is 3.14. The van der Waals surface area contributed by atoms with E-state index in [0.717, 1.165) is 17.2 Å². The van der Waals surface area contributed by atoms with E-state index in [1.54, 1.807) is 31.6 Å². The van der Waals surface area contributed by atoms with Crippen LogP contribution in [0, 0.1) is 6.92 Å². The van der Waals surface area contributed by atoms with Crippen molar-refractivity contribution < 1.29 is 17.9 Å². The van der Waals surface area contributed by atoms with E-state index in [0.29, 0.717) is 18.1 Å². The number of pyridine rings is 1. The van der Waals surface area contributed by atoms with Gasteiger partial charge in [0, 0.05) is 44.3 Å². The molecule has 0 aliphatic rings. The third-order valence-corrected chi connectivity index (χ3v) is 4.21. The molecular weight excluding hydrogens is 524 g/mol. The van der Waals surface area contributed by atoms with E-state index in [9.17, 15) is 13.2 Å². The molecular formula is C20H22F3IN6O. The Morgan fingerprint density at radius 1 is 1.10 bits per heavy atom. The number of halogens is 4. The van der Waals surface area contributed by atoms with Crippen molar-refractivity contribution in [3.63, 3.8) is 0 Å².